The van der Waals surface area contributed by atoms with Gasteiger partial charge in [0.25, 0.3) is 0 Å². The fraction of sp³-hybridized carbons (Fsp3) is 0.500. The second kappa shape index (κ2) is 10.2. The van der Waals surface area contributed by atoms with Gasteiger partial charge >= 0.3 is 11.9 Å². The van der Waals surface area contributed by atoms with E-state index in [1.54, 1.807) is 0 Å². The summed E-state index contributed by atoms with van der Waals surface area (Å²) in [6.45, 7) is 12.1. The lowest BCUT2D eigenvalue weighted by Crippen LogP contribution is -2.56. The van der Waals surface area contributed by atoms with Crippen LogP contribution >= 0.6 is 0 Å². The molecule has 1 saturated heterocycles. The largest absolute Gasteiger partial charge is 0.480 e. The summed E-state index contributed by atoms with van der Waals surface area (Å²) in [6.07, 6.45) is 4.81. The molecule has 2 aromatic rings. The number of hydrogen-bond donors (Lipinski definition) is 0. The molecule has 2 aliphatic carbocycles. The number of esters is 2. The maximum atomic E-state index is 13.1. The number of aryl methyl sites for hydroxylation is 1. The van der Waals surface area contributed by atoms with Crippen molar-refractivity contribution in [3.8, 4) is 5.75 Å². The van der Waals surface area contributed by atoms with Crippen molar-refractivity contribution >= 4 is 28.6 Å². The van der Waals surface area contributed by atoms with Crippen LogP contribution in [0.5, 0.6) is 5.75 Å². The van der Waals surface area contributed by atoms with Gasteiger partial charge in [-0.1, -0.05) is 43.4 Å². The van der Waals surface area contributed by atoms with Crippen molar-refractivity contribution < 1.29 is 28.6 Å². The number of para-hydroxylation sites is 1. The third-order valence-electron chi connectivity index (χ3n) is 9.32. The van der Waals surface area contributed by atoms with Gasteiger partial charge in [0.1, 0.15) is 30.3 Å². The lowest BCUT2D eigenvalue weighted by molar-refractivity contribution is -0.162. The highest BCUT2D eigenvalue weighted by atomic mass is 16.6. The number of ketones is 1. The molecule has 0 amide bonds. The third-order valence-corrected chi connectivity index (χ3v) is 9.32. The van der Waals surface area contributed by atoms with Gasteiger partial charge in [-0.2, -0.15) is 0 Å². The zero-order chi connectivity index (χ0) is 27.9. The van der Waals surface area contributed by atoms with Gasteiger partial charge in [0.15, 0.2) is 6.10 Å². The van der Waals surface area contributed by atoms with Gasteiger partial charge in [-0.15, -0.1) is 0 Å². The first-order chi connectivity index (χ1) is 18.5. The molecule has 0 unspecified atom stereocenters. The second-order valence-corrected chi connectivity index (χ2v) is 11.8. The van der Waals surface area contributed by atoms with Crippen molar-refractivity contribution in [1.82, 2.24) is 4.98 Å². The number of fused-ring (bicyclic) bond motifs is 2. The summed E-state index contributed by atoms with van der Waals surface area (Å²) < 4.78 is 17.2. The van der Waals surface area contributed by atoms with Crippen LogP contribution in [0.1, 0.15) is 58.6 Å². The Labute approximate surface area is 229 Å². The number of ether oxygens (including phenoxy) is 3. The van der Waals surface area contributed by atoms with E-state index < -0.39 is 11.5 Å². The predicted molar refractivity (Wildman–Crippen MR) is 147 cm³/mol. The Kier molecular flexibility index (Phi) is 7.12. The maximum absolute atomic E-state index is 13.1. The second-order valence-electron chi connectivity index (χ2n) is 11.8. The van der Waals surface area contributed by atoms with E-state index in [2.05, 4.69) is 18.5 Å². The minimum absolute atomic E-state index is 0.0482. The van der Waals surface area contributed by atoms with Crippen LogP contribution in [-0.4, -0.2) is 42.0 Å². The summed E-state index contributed by atoms with van der Waals surface area (Å²) in [5, 5.41) is 0.968. The first-order valence-electron chi connectivity index (χ1n) is 13.8. The number of Topliss-reactive ketones (excluding diaryl/α,β-unsaturated/α-hetero) is 1. The molecule has 7 heteroatoms. The van der Waals surface area contributed by atoms with Gasteiger partial charge in [-0.25, -0.2) is 9.78 Å². The standard InChI is InChI=1S/C32H37NO6/c1-19-9-14-27-31(4,16-15-28(35)32(27,5)18-38-21(3)34)24(19)13-12-23-26(17-37-30(23)36)39-25-8-6-7-22-11-10-20(2)33-29(22)25/h6-8,10-12,24,26-27H,1,9,13-18H2,2-5H3/b23-12+/t24-,26-,27+,31+,32+/m1/s1. The van der Waals surface area contributed by atoms with E-state index in [1.165, 1.54) is 6.92 Å². The van der Waals surface area contributed by atoms with Crippen molar-refractivity contribution in [3.05, 3.63) is 59.8 Å². The Morgan fingerprint density at radius 3 is 2.77 bits per heavy atom. The van der Waals surface area contributed by atoms with Crippen LogP contribution < -0.4 is 4.74 Å². The molecule has 39 heavy (non-hydrogen) atoms. The van der Waals surface area contributed by atoms with Crippen LogP contribution in [0.2, 0.25) is 0 Å². The molecule has 0 spiro atoms. The fourth-order valence-electron chi connectivity index (χ4n) is 7.15. The van der Waals surface area contributed by atoms with Crippen LogP contribution in [0.4, 0.5) is 0 Å². The third kappa shape index (κ3) is 4.88. The average Bonchev–Trinajstić information content (AvgIpc) is 3.24. The van der Waals surface area contributed by atoms with Crippen molar-refractivity contribution in [2.24, 2.45) is 22.7 Å². The van der Waals surface area contributed by atoms with Gasteiger partial charge in [0.2, 0.25) is 0 Å². The first kappa shape index (κ1) is 27.1. The maximum Gasteiger partial charge on any atom is 0.337 e. The molecule has 2 saturated carbocycles. The van der Waals surface area contributed by atoms with Gasteiger partial charge in [0, 0.05) is 24.4 Å². The molecule has 5 atom stereocenters. The Morgan fingerprint density at radius 1 is 1.21 bits per heavy atom. The molecule has 0 bridgehead atoms. The minimum Gasteiger partial charge on any atom is -0.480 e. The number of nitrogens with zero attached hydrogens (tertiary/aromatic N) is 1. The molecule has 5 rings (SSSR count). The first-order valence-corrected chi connectivity index (χ1v) is 13.8. The van der Waals surface area contributed by atoms with Gasteiger partial charge in [0.05, 0.1) is 11.0 Å². The zero-order valence-electron chi connectivity index (χ0n) is 23.2. The molecule has 7 nitrogen and oxygen atoms in total. The molecule has 1 aromatic heterocycles. The number of pyridine rings is 1. The number of rotatable bonds is 6. The zero-order valence-corrected chi connectivity index (χ0v) is 23.2. The fourth-order valence-corrected chi connectivity index (χ4v) is 7.15. The number of carbonyl (C=O) groups is 3. The number of cyclic esters (lactones) is 1. The lowest BCUT2D eigenvalue weighted by atomic mass is 9.46. The van der Waals surface area contributed by atoms with E-state index in [0.717, 1.165) is 41.4 Å². The topological polar surface area (TPSA) is 91.8 Å². The van der Waals surface area contributed by atoms with Gasteiger partial charge in [-0.3, -0.25) is 9.59 Å². The number of carbonyl (C=O) groups excluding carboxylic acids is 3. The Hall–Kier alpha value is -3.48. The van der Waals surface area contributed by atoms with E-state index in [0.29, 0.717) is 24.2 Å². The highest BCUT2D eigenvalue weighted by Gasteiger charge is 2.58. The molecular formula is C32H37NO6. The lowest BCUT2D eigenvalue weighted by Gasteiger charge is -2.57. The van der Waals surface area contributed by atoms with Crippen LogP contribution in [0, 0.1) is 29.6 Å². The van der Waals surface area contributed by atoms with E-state index in [-0.39, 0.29) is 48.2 Å². The molecule has 0 radical (unpaired) electrons. The van der Waals surface area contributed by atoms with Crippen LogP contribution in [0.3, 0.4) is 0 Å². The quantitative estimate of drug-likeness (QED) is 0.269. The summed E-state index contributed by atoms with van der Waals surface area (Å²) in [4.78, 5) is 42.2. The molecule has 1 aromatic carbocycles. The van der Waals surface area contributed by atoms with Crippen LogP contribution in [0.15, 0.2) is 54.1 Å². The van der Waals surface area contributed by atoms with E-state index >= 15 is 0 Å². The predicted octanol–water partition coefficient (Wildman–Crippen LogP) is 5.68. The van der Waals surface area contributed by atoms with E-state index in [1.807, 2.05) is 50.3 Å². The van der Waals surface area contributed by atoms with E-state index in [4.69, 9.17) is 14.2 Å². The summed E-state index contributed by atoms with van der Waals surface area (Å²) >= 11 is 0. The molecular weight excluding hydrogens is 494 g/mol. The Bertz CT molecular complexity index is 1380. The monoisotopic (exact) mass is 531 g/mol. The smallest absolute Gasteiger partial charge is 0.337 e. The summed E-state index contributed by atoms with van der Waals surface area (Å²) in [5.74, 6) is 0.150. The average molecular weight is 532 g/mol. The number of allylic oxidation sites excluding steroid dienone is 2. The molecule has 3 fully saturated rings. The number of benzene rings is 1. The number of hydrogen-bond acceptors (Lipinski definition) is 7. The normalized spacial score (nSPS) is 31.7. The van der Waals surface area contributed by atoms with E-state index in [9.17, 15) is 14.4 Å². The molecule has 0 N–H and O–H groups in total. The van der Waals surface area contributed by atoms with Gasteiger partial charge in [-0.05, 0) is 68.9 Å². The van der Waals surface area contributed by atoms with Crippen molar-refractivity contribution in [1.29, 1.82) is 0 Å². The molecule has 1 aliphatic heterocycles. The SMILES string of the molecule is C=C1CC[C@H]2[C@@](C)(CCC(=O)[C@@]2(C)COC(C)=O)[C@@H]1C/C=C1/C(=O)OC[C@H]1Oc1cccc2ccc(C)nc12. The van der Waals surface area contributed by atoms with Gasteiger partial charge < -0.3 is 14.2 Å². The van der Waals surface area contributed by atoms with Crippen LogP contribution in [0.25, 0.3) is 10.9 Å². The highest BCUT2D eigenvalue weighted by Crippen LogP contribution is 2.61. The molecule has 206 valence electrons. The molecule has 2 heterocycles. The number of aromatic nitrogens is 1. The Morgan fingerprint density at radius 2 is 2.00 bits per heavy atom. The Balaban J connectivity index is 1.41. The summed E-state index contributed by atoms with van der Waals surface area (Å²) in [7, 11) is 0. The van der Waals surface area contributed by atoms with Crippen molar-refractivity contribution in [2.75, 3.05) is 13.2 Å². The summed E-state index contributed by atoms with van der Waals surface area (Å²) in [5.41, 5.74) is 2.33. The minimum atomic E-state index is -0.734. The highest BCUT2D eigenvalue weighted by molar-refractivity contribution is 5.92. The summed E-state index contributed by atoms with van der Waals surface area (Å²) in [6, 6.07) is 9.73. The van der Waals surface area contributed by atoms with Crippen molar-refractivity contribution in [2.45, 2.75) is 65.9 Å². The molecule has 3 aliphatic rings. The van der Waals surface area contributed by atoms with Crippen molar-refractivity contribution in [3.63, 3.8) is 0 Å². The van der Waals surface area contributed by atoms with Crippen LogP contribution in [-0.2, 0) is 23.9 Å².